The van der Waals surface area contributed by atoms with Gasteiger partial charge in [0, 0.05) is 31.2 Å². The molecule has 0 radical (unpaired) electrons. The molecular weight excluding hydrogens is 390 g/mol. The molecule has 0 saturated carbocycles. The second-order valence-electron chi connectivity index (χ2n) is 7.89. The number of carbonyl (C=O) groups is 1. The minimum atomic E-state index is -3.59. The van der Waals surface area contributed by atoms with Crippen molar-refractivity contribution in [3.05, 3.63) is 42.5 Å². The van der Waals surface area contributed by atoms with Crippen molar-refractivity contribution in [1.29, 1.82) is 0 Å². The van der Waals surface area contributed by atoms with Crippen molar-refractivity contribution in [2.24, 2.45) is 0 Å². The summed E-state index contributed by atoms with van der Waals surface area (Å²) in [5.41, 5.74) is 0.426. The third-order valence-electron chi connectivity index (χ3n) is 5.99. The van der Waals surface area contributed by atoms with Crippen molar-refractivity contribution in [2.45, 2.75) is 56.0 Å². The number of nitrogens with zero attached hydrogens (tertiary/aromatic N) is 5. The van der Waals surface area contributed by atoms with E-state index in [4.69, 9.17) is 0 Å². The number of piperidine rings is 2. The lowest BCUT2D eigenvalue weighted by Crippen LogP contribution is -2.42. The first-order valence-electron chi connectivity index (χ1n) is 10.2. The molecule has 2 aliphatic rings. The van der Waals surface area contributed by atoms with E-state index in [2.05, 4.69) is 10.1 Å². The number of aromatic nitrogens is 3. The van der Waals surface area contributed by atoms with Crippen molar-refractivity contribution in [1.82, 2.24) is 24.0 Å². The second-order valence-corrected chi connectivity index (χ2v) is 9.78. The van der Waals surface area contributed by atoms with Crippen LogP contribution in [0.5, 0.6) is 0 Å². The van der Waals surface area contributed by atoms with Gasteiger partial charge >= 0.3 is 0 Å². The normalized spacial score (nSPS) is 22.0. The Bertz CT molecular complexity index is 952. The van der Waals surface area contributed by atoms with Crippen molar-refractivity contribution in [2.75, 3.05) is 19.6 Å². The fourth-order valence-corrected chi connectivity index (χ4v) is 6.02. The van der Waals surface area contributed by atoms with Gasteiger partial charge in [-0.1, -0.05) is 12.5 Å². The molecule has 2 aliphatic heterocycles. The van der Waals surface area contributed by atoms with Gasteiger partial charge in [-0.3, -0.25) is 4.79 Å². The minimum Gasteiger partial charge on any atom is -0.338 e. The summed E-state index contributed by atoms with van der Waals surface area (Å²) in [5.74, 6) is -0.120. The van der Waals surface area contributed by atoms with E-state index in [1.54, 1.807) is 33.7 Å². The zero-order valence-electron chi connectivity index (χ0n) is 16.6. The van der Waals surface area contributed by atoms with Crippen LogP contribution in [0.2, 0.25) is 0 Å². The Hall–Kier alpha value is -2.26. The minimum absolute atomic E-state index is 0.0103. The molecular formula is C20H27N5O3S. The summed E-state index contributed by atoms with van der Waals surface area (Å²) in [6.45, 7) is 3.72. The largest absolute Gasteiger partial charge is 0.338 e. The van der Waals surface area contributed by atoms with E-state index in [-0.39, 0.29) is 22.9 Å². The molecule has 1 unspecified atom stereocenters. The highest BCUT2D eigenvalue weighted by atomic mass is 32.2. The smallest absolute Gasteiger partial charge is 0.253 e. The van der Waals surface area contributed by atoms with E-state index in [9.17, 15) is 13.2 Å². The SMILES string of the molecule is CC1CCCCN1S(=O)(=O)c1cccc(C(=O)N2CCC(n3cncn3)CC2)c1. The van der Waals surface area contributed by atoms with Gasteiger partial charge in [0.25, 0.3) is 5.91 Å². The molecule has 9 heteroatoms. The molecule has 2 fully saturated rings. The summed E-state index contributed by atoms with van der Waals surface area (Å²) >= 11 is 0. The summed E-state index contributed by atoms with van der Waals surface area (Å²) in [6, 6.07) is 6.71. The van der Waals surface area contributed by atoms with E-state index < -0.39 is 10.0 Å². The number of amides is 1. The predicted octanol–water partition coefficient (Wildman–Crippen LogP) is 2.32. The second kappa shape index (κ2) is 8.23. The maximum absolute atomic E-state index is 13.1. The molecule has 1 atom stereocenters. The number of sulfonamides is 1. The van der Waals surface area contributed by atoms with Gasteiger partial charge < -0.3 is 4.90 Å². The van der Waals surface area contributed by atoms with Gasteiger partial charge in [0.15, 0.2) is 0 Å². The molecule has 1 amide bonds. The van der Waals surface area contributed by atoms with Gasteiger partial charge in [-0.2, -0.15) is 9.40 Å². The van der Waals surface area contributed by atoms with Crippen LogP contribution in [0.25, 0.3) is 0 Å². The highest BCUT2D eigenvalue weighted by molar-refractivity contribution is 7.89. The predicted molar refractivity (Wildman–Crippen MR) is 108 cm³/mol. The number of benzene rings is 1. The van der Waals surface area contributed by atoms with Gasteiger partial charge in [-0.15, -0.1) is 0 Å². The number of likely N-dealkylation sites (tertiary alicyclic amines) is 1. The van der Waals surface area contributed by atoms with Gasteiger partial charge in [0.05, 0.1) is 10.9 Å². The summed E-state index contributed by atoms with van der Waals surface area (Å²) < 4.78 is 29.6. The number of carbonyl (C=O) groups excluding carboxylic acids is 1. The van der Waals surface area contributed by atoms with Crippen LogP contribution >= 0.6 is 0 Å². The molecule has 29 heavy (non-hydrogen) atoms. The number of hydrogen-bond acceptors (Lipinski definition) is 5. The Morgan fingerprint density at radius 1 is 1.10 bits per heavy atom. The molecule has 8 nitrogen and oxygen atoms in total. The molecule has 1 aromatic carbocycles. The van der Waals surface area contributed by atoms with Crippen molar-refractivity contribution in [3.63, 3.8) is 0 Å². The molecule has 2 saturated heterocycles. The molecule has 156 valence electrons. The highest BCUT2D eigenvalue weighted by Crippen LogP contribution is 2.27. The molecule has 0 aliphatic carbocycles. The Labute approximate surface area is 171 Å². The topological polar surface area (TPSA) is 88.4 Å². The zero-order chi connectivity index (χ0) is 20.4. The first-order chi connectivity index (χ1) is 14.0. The zero-order valence-corrected chi connectivity index (χ0v) is 17.5. The monoisotopic (exact) mass is 417 g/mol. The first kappa shape index (κ1) is 20.0. The van der Waals surface area contributed by atoms with E-state index >= 15 is 0 Å². The summed E-state index contributed by atoms with van der Waals surface area (Å²) in [7, 11) is -3.59. The fraction of sp³-hybridized carbons (Fsp3) is 0.550. The van der Waals surface area contributed by atoms with E-state index in [1.807, 2.05) is 11.6 Å². The van der Waals surface area contributed by atoms with Crippen LogP contribution in [0, 0.1) is 0 Å². The lowest BCUT2D eigenvalue weighted by atomic mass is 10.0. The molecule has 2 aromatic rings. The van der Waals surface area contributed by atoms with Crippen LogP contribution in [-0.2, 0) is 10.0 Å². The van der Waals surface area contributed by atoms with E-state index in [0.29, 0.717) is 25.2 Å². The Kier molecular flexibility index (Phi) is 5.69. The van der Waals surface area contributed by atoms with Crippen LogP contribution in [0.1, 0.15) is 55.4 Å². The Balaban J connectivity index is 1.48. The van der Waals surface area contributed by atoms with Crippen LogP contribution in [-0.4, -0.2) is 64.0 Å². The van der Waals surface area contributed by atoms with Crippen molar-refractivity contribution in [3.8, 4) is 0 Å². The molecule has 0 spiro atoms. The van der Waals surface area contributed by atoms with E-state index in [0.717, 1.165) is 32.1 Å². The average molecular weight is 418 g/mol. The standard InChI is InChI=1S/C20H27N5O3S/c1-16-5-2-3-10-25(16)29(27,28)19-7-4-6-17(13-19)20(26)23-11-8-18(9-12-23)24-15-21-14-22-24/h4,6-7,13-16,18H,2-3,5,8-12H2,1H3. The average Bonchev–Trinajstić information content (AvgIpc) is 3.28. The molecule has 3 heterocycles. The first-order valence-corrected chi connectivity index (χ1v) is 11.7. The van der Waals surface area contributed by atoms with Crippen molar-refractivity contribution >= 4 is 15.9 Å². The van der Waals surface area contributed by atoms with Crippen LogP contribution in [0.3, 0.4) is 0 Å². The van der Waals surface area contributed by atoms with Crippen LogP contribution in [0.15, 0.2) is 41.8 Å². The quantitative estimate of drug-likeness (QED) is 0.762. The third kappa shape index (κ3) is 4.06. The number of hydrogen-bond donors (Lipinski definition) is 0. The van der Waals surface area contributed by atoms with Crippen molar-refractivity contribution < 1.29 is 13.2 Å². The molecule has 1 aromatic heterocycles. The molecule has 0 N–H and O–H groups in total. The molecule has 0 bridgehead atoms. The van der Waals surface area contributed by atoms with Gasteiger partial charge in [0.2, 0.25) is 10.0 Å². The van der Waals surface area contributed by atoms with Gasteiger partial charge in [-0.25, -0.2) is 18.1 Å². The summed E-state index contributed by atoms with van der Waals surface area (Å²) in [5, 5.41) is 4.19. The third-order valence-corrected chi connectivity index (χ3v) is 8.00. The summed E-state index contributed by atoms with van der Waals surface area (Å²) in [4.78, 5) is 19.0. The fourth-order valence-electron chi connectivity index (χ4n) is 4.28. The maximum Gasteiger partial charge on any atom is 0.253 e. The van der Waals surface area contributed by atoms with Gasteiger partial charge in [0.1, 0.15) is 12.7 Å². The lowest BCUT2D eigenvalue weighted by molar-refractivity contribution is 0.0689. The lowest BCUT2D eigenvalue weighted by Gasteiger charge is -2.33. The highest BCUT2D eigenvalue weighted by Gasteiger charge is 2.32. The maximum atomic E-state index is 13.1. The summed E-state index contributed by atoms with van der Waals surface area (Å²) in [6.07, 6.45) is 7.64. The van der Waals surface area contributed by atoms with Crippen LogP contribution in [0.4, 0.5) is 0 Å². The Morgan fingerprint density at radius 3 is 2.59 bits per heavy atom. The Morgan fingerprint density at radius 2 is 1.90 bits per heavy atom. The van der Waals surface area contributed by atoms with Crippen LogP contribution < -0.4 is 0 Å². The number of rotatable bonds is 4. The van der Waals surface area contributed by atoms with Gasteiger partial charge in [-0.05, 0) is 50.8 Å². The van der Waals surface area contributed by atoms with E-state index in [1.165, 1.54) is 12.4 Å². The molecule has 4 rings (SSSR count).